The maximum absolute atomic E-state index is 13.1. The van der Waals surface area contributed by atoms with E-state index in [2.05, 4.69) is 10.5 Å². The van der Waals surface area contributed by atoms with Gasteiger partial charge in [-0.3, -0.25) is 9.59 Å². The highest BCUT2D eigenvalue weighted by Crippen LogP contribution is 2.35. The fourth-order valence-electron chi connectivity index (χ4n) is 3.23. The van der Waals surface area contributed by atoms with Crippen LogP contribution in [0, 0.1) is 18.3 Å². The van der Waals surface area contributed by atoms with Gasteiger partial charge in [0.15, 0.2) is 18.1 Å². The molecular formula is C22H20ClN3O6. The molecule has 0 spiro atoms. The van der Waals surface area contributed by atoms with E-state index in [9.17, 15) is 14.7 Å². The number of rotatable bonds is 8. The van der Waals surface area contributed by atoms with Crippen molar-refractivity contribution in [1.29, 1.82) is 5.26 Å². The molecule has 0 aliphatic carbocycles. The SMILES string of the molecule is COc1cc(C2=NOC(CC(=O)O)(C(=O)Nc3cccc(Cl)c3C)C2)ccc1OCC#N. The first kappa shape index (κ1) is 22.9. The number of amides is 1. The Balaban J connectivity index is 1.86. The number of oxime groups is 1. The fraction of sp³-hybridized carbons (Fsp3) is 0.273. The van der Waals surface area contributed by atoms with E-state index in [0.717, 1.165) is 0 Å². The summed E-state index contributed by atoms with van der Waals surface area (Å²) in [5.41, 5.74) is 0.286. The molecule has 2 N–H and O–H groups in total. The molecule has 9 nitrogen and oxygen atoms in total. The molecule has 10 heteroatoms. The van der Waals surface area contributed by atoms with Gasteiger partial charge in [-0.1, -0.05) is 22.8 Å². The predicted octanol–water partition coefficient (Wildman–Crippen LogP) is 3.54. The van der Waals surface area contributed by atoms with Crippen LogP contribution in [0.5, 0.6) is 11.5 Å². The number of methoxy groups -OCH3 is 1. The van der Waals surface area contributed by atoms with Crippen LogP contribution in [0.1, 0.15) is 24.0 Å². The summed E-state index contributed by atoms with van der Waals surface area (Å²) in [6, 6.07) is 11.8. The van der Waals surface area contributed by atoms with E-state index in [4.69, 9.17) is 31.2 Å². The number of nitriles is 1. The van der Waals surface area contributed by atoms with Crippen molar-refractivity contribution >= 4 is 34.9 Å². The number of nitrogens with one attached hydrogen (secondary N) is 1. The number of hydrogen-bond donors (Lipinski definition) is 2. The van der Waals surface area contributed by atoms with Gasteiger partial charge in [-0.2, -0.15) is 5.26 Å². The summed E-state index contributed by atoms with van der Waals surface area (Å²) in [4.78, 5) is 30.1. The Bertz CT molecular complexity index is 1130. The summed E-state index contributed by atoms with van der Waals surface area (Å²) in [7, 11) is 1.45. The van der Waals surface area contributed by atoms with Gasteiger partial charge < -0.3 is 24.7 Å². The van der Waals surface area contributed by atoms with Gasteiger partial charge in [0.25, 0.3) is 5.91 Å². The van der Waals surface area contributed by atoms with Crippen LogP contribution in [0.25, 0.3) is 0 Å². The second-order valence-electron chi connectivity index (χ2n) is 7.05. The number of hydrogen-bond acceptors (Lipinski definition) is 7. The molecule has 2 aromatic carbocycles. The van der Waals surface area contributed by atoms with Crippen molar-refractivity contribution in [2.75, 3.05) is 19.0 Å². The first-order chi connectivity index (χ1) is 15.3. The molecule has 1 aliphatic heterocycles. The molecule has 1 unspecified atom stereocenters. The lowest BCUT2D eigenvalue weighted by Crippen LogP contribution is -2.45. The Morgan fingerprint density at radius 1 is 1.34 bits per heavy atom. The minimum atomic E-state index is -1.74. The number of nitrogens with zero attached hydrogens (tertiary/aromatic N) is 2. The molecule has 0 saturated heterocycles. The number of carboxylic acids is 1. The van der Waals surface area contributed by atoms with Crippen molar-refractivity contribution < 1.29 is 29.0 Å². The minimum Gasteiger partial charge on any atom is -0.493 e. The maximum Gasteiger partial charge on any atom is 0.308 e. The molecule has 0 radical (unpaired) electrons. The third-order valence-electron chi connectivity index (χ3n) is 4.94. The lowest BCUT2D eigenvalue weighted by Gasteiger charge is -2.24. The van der Waals surface area contributed by atoms with Gasteiger partial charge in [0.1, 0.15) is 6.07 Å². The Morgan fingerprint density at radius 2 is 2.12 bits per heavy atom. The van der Waals surface area contributed by atoms with Crippen molar-refractivity contribution in [3.8, 4) is 17.6 Å². The van der Waals surface area contributed by atoms with E-state index in [1.165, 1.54) is 7.11 Å². The molecule has 1 aliphatic rings. The number of aliphatic carboxylic acids is 1. The quantitative estimate of drug-likeness (QED) is 0.619. The van der Waals surface area contributed by atoms with Crippen molar-refractivity contribution in [2.24, 2.45) is 5.16 Å². The van der Waals surface area contributed by atoms with Crippen LogP contribution in [0.3, 0.4) is 0 Å². The van der Waals surface area contributed by atoms with Crippen LogP contribution in [0.15, 0.2) is 41.6 Å². The topological polar surface area (TPSA) is 130 Å². The van der Waals surface area contributed by atoms with E-state index in [-0.39, 0.29) is 13.0 Å². The zero-order valence-corrected chi connectivity index (χ0v) is 18.1. The molecule has 1 amide bonds. The summed E-state index contributed by atoms with van der Waals surface area (Å²) in [5, 5.41) is 25.3. The zero-order chi connectivity index (χ0) is 23.3. The van der Waals surface area contributed by atoms with Crippen LogP contribution >= 0.6 is 11.6 Å². The van der Waals surface area contributed by atoms with Crippen LogP contribution in [-0.2, 0) is 14.4 Å². The Hall–Kier alpha value is -3.77. The number of ether oxygens (including phenoxy) is 2. The monoisotopic (exact) mass is 457 g/mol. The van der Waals surface area contributed by atoms with Gasteiger partial charge in [-0.05, 0) is 42.8 Å². The van der Waals surface area contributed by atoms with Crippen LogP contribution in [0.4, 0.5) is 5.69 Å². The van der Waals surface area contributed by atoms with E-state index >= 15 is 0 Å². The number of halogens is 1. The van der Waals surface area contributed by atoms with Gasteiger partial charge in [0.05, 0.1) is 19.2 Å². The van der Waals surface area contributed by atoms with Gasteiger partial charge >= 0.3 is 5.97 Å². The van der Waals surface area contributed by atoms with E-state index in [0.29, 0.717) is 39.0 Å². The van der Waals surface area contributed by atoms with Crippen LogP contribution < -0.4 is 14.8 Å². The third-order valence-corrected chi connectivity index (χ3v) is 5.35. The molecule has 1 heterocycles. The van der Waals surface area contributed by atoms with E-state index in [1.807, 2.05) is 6.07 Å². The van der Waals surface area contributed by atoms with Gasteiger partial charge in [-0.15, -0.1) is 0 Å². The Morgan fingerprint density at radius 3 is 2.81 bits per heavy atom. The molecule has 32 heavy (non-hydrogen) atoms. The first-order valence-corrected chi connectivity index (χ1v) is 9.89. The van der Waals surface area contributed by atoms with Gasteiger partial charge in [-0.25, -0.2) is 0 Å². The molecule has 0 fully saturated rings. The molecule has 3 rings (SSSR count). The normalized spacial score (nSPS) is 17.0. The molecule has 0 saturated carbocycles. The summed E-state index contributed by atoms with van der Waals surface area (Å²) in [6.45, 7) is 1.59. The first-order valence-electron chi connectivity index (χ1n) is 9.51. The molecule has 0 aromatic heterocycles. The number of carboxylic acid groups (broad SMARTS) is 1. The largest absolute Gasteiger partial charge is 0.493 e. The van der Waals surface area contributed by atoms with E-state index < -0.39 is 23.9 Å². The Labute approximate surface area is 189 Å². The molecule has 166 valence electrons. The summed E-state index contributed by atoms with van der Waals surface area (Å²) in [6.07, 6.45) is -0.668. The average Bonchev–Trinajstić information content (AvgIpc) is 3.20. The molecule has 0 bridgehead atoms. The average molecular weight is 458 g/mol. The molecule has 1 atom stereocenters. The smallest absolute Gasteiger partial charge is 0.308 e. The summed E-state index contributed by atoms with van der Waals surface area (Å²) < 4.78 is 10.6. The number of carbonyl (C=O) groups is 2. The highest BCUT2D eigenvalue weighted by molar-refractivity contribution is 6.31. The number of anilines is 1. The maximum atomic E-state index is 13.1. The van der Waals surface area contributed by atoms with Gasteiger partial charge in [0.2, 0.25) is 5.60 Å². The van der Waals surface area contributed by atoms with Crippen LogP contribution in [-0.4, -0.2) is 42.0 Å². The highest BCUT2D eigenvalue weighted by atomic mass is 35.5. The summed E-state index contributed by atoms with van der Waals surface area (Å²) in [5.74, 6) is -1.14. The van der Waals surface area contributed by atoms with E-state index in [1.54, 1.807) is 43.3 Å². The molecular weight excluding hydrogens is 438 g/mol. The summed E-state index contributed by atoms with van der Waals surface area (Å²) >= 11 is 6.11. The lowest BCUT2D eigenvalue weighted by atomic mass is 9.90. The van der Waals surface area contributed by atoms with Gasteiger partial charge in [0, 0.05) is 22.7 Å². The van der Waals surface area contributed by atoms with Crippen LogP contribution in [0.2, 0.25) is 5.02 Å². The minimum absolute atomic E-state index is 0.0771. The molecule has 2 aromatic rings. The predicted molar refractivity (Wildman–Crippen MR) is 116 cm³/mol. The lowest BCUT2D eigenvalue weighted by molar-refractivity contribution is -0.152. The zero-order valence-electron chi connectivity index (χ0n) is 17.3. The highest BCUT2D eigenvalue weighted by Gasteiger charge is 2.49. The third kappa shape index (κ3) is 4.76. The van der Waals surface area contributed by atoms with Crippen molar-refractivity contribution in [3.63, 3.8) is 0 Å². The Kier molecular flexibility index (Phi) is 6.85. The van der Waals surface area contributed by atoms with Crippen molar-refractivity contribution in [3.05, 3.63) is 52.5 Å². The number of carbonyl (C=O) groups excluding carboxylic acids is 1. The fourth-order valence-corrected chi connectivity index (χ4v) is 3.40. The number of benzene rings is 2. The van der Waals surface area contributed by atoms with Crippen molar-refractivity contribution in [2.45, 2.75) is 25.4 Å². The second kappa shape index (κ2) is 9.58. The van der Waals surface area contributed by atoms with Crippen molar-refractivity contribution in [1.82, 2.24) is 0 Å². The standard InChI is InChI=1S/C22H20ClN3O6/c1-13-15(23)4-3-5-16(13)25-21(29)22(12-20(27)28)11-17(26-32-22)14-6-7-18(31-9-8-24)19(10-14)30-2/h3-7,10H,9,11-12H2,1-2H3,(H,25,29)(H,27,28). The second-order valence-corrected chi connectivity index (χ2v) is 7.46.